The lowest BCUT2D eigenvalue weighted by Gasteiger charge is -2.43. The fraction of sp³-hybridized carbons (Fsp3) is 1.00. The maximum absolute atomic E-state index is 5.84. The topological polar surface area (TPSA) is 55.4 Å². The molecule has 0 aromatic rings. The van der Waals surface area contributed by atoms with E-state index in [0.717, 1.165) is 0 Å². The van der Waals surface area contributed by atoms with Crippen LogP contribution < -0.4 is 0 Å². The summed E-state index contributed by atoms with van der Waals surface area (Å²) in [6.07, 6.45) is 4.00. The van der Waals surface area contributed by atoms with Gasteiger partial charge in [0.1, 0.15) is 0 Å². The Morgan fingerprint density at radius 1 is 0.333 bits per heavy atom. The summed E-state index contributed by atoms with van der Waals surface area (Å²) < 4.78 is 33.4. The van der Waals surface area contributed by atoms with Crippen molar-refractivity contribution in [2.75, 3.05) is 78.5 Å². The molecule has 150 valence electrons. The molecule has 0 spiro atoms. The van der Waals surface area contributed by atoms with Crippen LogP contribution in [-0.4, -0.2) is 107 Å². The minimum atomic E-state index is -1.97. The smallest absolute Gasteiger partial charge is 0.221 e. The highest BCUT2D eigenvalue weighted by molar-refractivity contribution is 7.83. The minimum absolute atomic E-state index is 1.19. The van der Waals surface area contributed by atoms with E-state index in [0.29, 0.717) is 0 Å². The number of hydrogen-bond donors (Lipinski definition) is 0. The fourth-order valence-electron chi connectivity index (χ4n) is 4.46. The van der Waals surface area contributed by atoms with E-state index in [1.807, 2.05) is 0 Å². The van der Waals surface area contributed by atoms with Crippen molar-refractivity contribution >= 4 is 22.5 Å². The van der Waals surface area contributed by atoms with E-state index in [1.54, 1.807) is 0 Å². The molecule has 0 saturated carbocycles. The van der Waals surface area contributed by atoms with Gasteiger partial charge in [-0.15, -0.1) is 0 Å². The van der Waals surface area contributed by atoms with Crippen molar-refractivity contribution in [3.05, 3.63) is 0 Å². The van der Waals surface area contributed by atoms with Gasteiger partial charge in [-0.3, -0.25) is 0 Å². The number of nitrogens with zero attached hydrogens (tertiary/aromatic N) is 9. The summed E-state index contributed by atoms with van der Waals surface area (Å²) in [5, 5.41) is 0. The average molecular weight is 429 g/mol. The van der Waals surface area contributed by atoms with Gasteiger partial charge >= 0.3 is 0 Å². The minimum Gasteiger partial charge on any atom is -0.240 e. The molecule has 0 bridgehead atoms. The molecule has 0 aromatic carbocycles. The van der Waals surface area contributed by atoms with Crippen molar-refractivity contribution in [1.82, 2.24) is 28.0 Å². The predicted molar refractivity (Wildman–Crippen MR) is 111 cm³/mol. The molecule has 6 fully saturated rings. The van der Waals surface area contributed by atoms with Crippen molar-refractivity contribution < 1.29 is 0 Å². The first-order valence-corrected chi connectivity index (χ1v) is 15.5. The Morgan fingerprint density at radius 2 is 0.593 bits per heavy atom. The molecule has 7 aliphatic heterocycles. The Bertz CT molecular complexity index is 770. The van der Waals surface area contributed by atoms with E-state index >= 15 is 0 Å². The van der Waals surface area contributed by atoms with E-state index in [4.69, 9.17) is 13.5 Å². The Kier molecular flexibility index (Phi) is 3.67. The molecule has 6 saturated heterocycles. The fourth-order valence-corrected chi connectivity index (χ4v) is 20.2. The van der Waals surface area contributed by atoms with Gasteiger partial charge in [0.25, 0.3) is 0 Å². The summed E-state index contributed by atoms with van der Waals surface area (Å²) in [5.41, 5.74) is 0. The molecule has 9 nitrogen and oxygen atoms in total. The van der Waals surface area contributed by atoms with Crippen LogP contribution in [-0.2, 0) is 0 Å². The van der Waals surface area contributed by atoms with Gasteiger partial charge in [0.05, 0.1) is 0 Å². The second-order valence-corrected chi connectivity index (χ2v) is 17.4. The molecule has 1 unspecified atom stereocenters. The standard InChI is InChI=1S/C15H30N9P3/c1-2-4-19(5-3-1)25(20-6-7-20)16-26(21-8-9-21,22-10-11-22)18-27(17-25,23-12-13-23)24-14-15-24/h1-15H2. The highest BCUT2D eigenvalue weighted by Gasteiger charge is 2.59. The van der Waals surface area contributed by atoms with Crippen LogP contribution in [0.25, 0.3) is 0 Å². The largest absolute Gasteiger partial charge is 0.240 e. The Hall–Kier alpha value is 0.450. The first kappa shape index (κ1) is 17.2. The zero-order valence-electron chi connectivity index (χ0n) is 16.0. The van der Waals surface area contributed by atoms with Gasteiger partial charge in [-0.25, -0.2) is 28.0 Å². The van der Waals surface area contributed by atoms with Crippen molar-refractivity contribution in [3.8, 4) is 0 Å². The third-order valence-corrected chi connectivity index (χ3v) is 19.2. The van der Waals surface area contributed by atoms with Crippen LogP contribution in [0.2, 0.25) is 0 Å². The van der Waals surface area contributed by atoms with Gasteiger partial charge in [-0.1, -0.05) is 6.42 Å². The summed E-state index contributed by atoms with van der Waals surface area (Å²) in [4.78, 5) is 0. The number of rotatable bonds is 6. The molecule has 12 heteroatoms. The molecule has 0 N–H and O–H groups in total. The third kappa shape index (κ3) is 2.64. The molecule has 0 aliphatic carbocycles. The van der Waals surface area contributed by atoms with Gasteiger partial charge in [-0.05, 0) is 12.8 Å². The lowest BCUT2D eigenvalue weighted by Crippen LogP contribution is -2.30. The summed E-state index contributed by atoms with van der Waals surface area (Å²) in [7, 11) is -5.79. The summed E-state index contributed by atoms with van der Waals surface area (Å²) in [6, 6.07) is 0. The highest BCUT2D eigenvalue weighted by atomic mass is 31.3. The van der Waals surface area contributed by atoms with E-state index in [2.05, 4.69) is 28.0 Å². The Labute approximate surface area is 162 Å². The lowest BCUT2D eigenvalue weighted by molar-refractivity contribution is 0.356. The molecule has 7 rings (SSSR count). The zero-order chi connectivity index (χ0) is 17.7. The normalized spacial score (nSPS) is 41.3. The first-order chi connectivity index (χ1) is 13.3. The van der Waals surface area contributed by atoms with Gasteiger partial charge in [0, 0.05) is 78.5 Å². The van der Waals surface area contributed by atoms with Gasteiger partial charge in [-0.2, -0.15) is 13.5 Å². The molecule has 1 atom stereocenters. The first-order valence-electron chi connectivity index (χ1n) is 10.7. The third-order valence-electron chi connectivity index (χ3n) is 6.45. The van der Waals surface area contributed by atoms with Crippen molar-refractivity contribution in [2.24, 2.45) is 13.5 Å². The number of piperidine rings is 1. The highest BCUT2D eigenvalue weighted by Crippen LogP contribution is 2.87. The van der Waals surface area contributed by atoms with Crippen LogP contribution in [0.4, 0.5) is 0 Å². The molecule has 0 amide bonds. The molecule has 7 aliphatic rings. The summed E-state index contributed by atoms with van der Waals surface area (Å²) in [6.45, 7) is 14.3. The van der Waals surface area contributed by atoms with Gasteiger partial charge < -0.3 is 0 Å². The average Bonchev–Trinajstić information content (AvgIpc) is 3.58. The molecule has 27 heavy (non-hydrogen) atoms. The maximum atomic E-state index is 5.84. The Morgan fingerprint density at radius 3 is 0.852 bits per heavy atom. The quantitative estimate of drug-likeness (QED) is 0.478. The number of hydrogen-bond acceptors (Lipinski definition) is 9. The molecule has 0 radical (unpaired) electrons. The van der Waals surface area contributed by atoms with Gasteiger partial charge in [0.2, 0.25) is 22.5 Å². The van der Waals surface area contributed by atoms with E-state index < -0.39 is 22.5 Å². The summed E-state index contributed by atoms with van der Waals surface area (Å²) >= 11 is 0. The van der Waals surface area contributed by atoms with Crippen LogP contribution in [0, 0.1) is 0 Å². The van der Waals surface area contributed by atoms with Crippen molar-refractivity contribution in [1.29, 1.82) is 0 Å². The molecule has 7 heterocycles. The lowest BCUT2D eigenvalue weighted by atomic mass is 10.2. The second-order valence-electron chi connectivity index (χ2n) is 8.66. The monoisotopic (exact) mass is 429 g/mol. The molecular formula is C15H30N9P3. The van der Waals surface area contributed by atoms with E-state index in [-0.39, 0.29) is 0 Å². The SMILES string of the molecule is C1CCN(P2(N3CC3)=NP(N3CC3)(N3CC3)=NP(N3CC3)(N3CC3)=N2)CC1. The molecular weight excluding hydrogens is 399 g/mol. The van der Waals surface area contributed by atoms with Crippen LogP contribution in [0.5, 0.6) is 0 Å². The van der Waals surface area contributed by atoms with E-state index in [9.17, 15) is 0 Å². The van der Waals surface area contributed by atoms with Crippen molar-refractivity contribution in [2.45, 2.75) is 19.3 Å². The molecule has 0 aromatic heterocycles. The summed E-state index contributed by atoms with van der Waals surface area (Å²) in [5.74, 6) is 0. The van der Waals surface area contributed by atoms with Crippen LogP contribution in [0.15, 0.2) is 13.5 Å². The van der Waals surface area contributed by atoms with Gasteiger partial charge in [0.15, 0.2) is 0 Å². The Balaban J connectivity index is 1.50. The zero-order valence-corrected chi connectivity index (χ0v) is 18.7. The maximum Gasteiger partial charge on any atom is 0.221 e. The van der Waals surface area contributed by atoms with Crippen molar-refractivity contribution in [3.63, 3.8) is 0 Å². The van der Waals surface area contributed by atoms with Crippen LogP contribution in [0.1, 0.15) is 19.3 Å². The van der Waals surface area contributed by atoms with Crippen LogP contribution >= 0.6 is 22.5 Å². The second kappa shape index (κ2) is 5.78. The van der Waals surface area contributed by atoms with Crippen LogP contribution in [0.3, 0.4) is 0 Å². The predicted octanol–water partition coefficient (Wildman–Crippen LogP) is 2.90. The van der Waals surface area contributed by atoms with E-state index in [1.165, 1.54) is 97.8 Å².